The molecular weight excluding hydrogens is 304 g/mol. The van der Waals surface area contributed by atoms with Crippen LogP contribution in [-0.2, 0) is 14.3 Å². The van der Waals surface area contributed by atoms with E-state index in [1.165, 1.54) is 0 Å². The topological polar surface area (TPSA) is 58.6 Å². The second kappa shape index (κ2) is 7.69. The van der Waals surface area contributed by atoms with Crippen LogP contribution in [0.4, 0.5) is 11.4 Å². The second-order valence-electron chi connectivity index (χ2n) is 6.73. The van der Waals surface area contributed by atoms with Crippen LogP contribution in [0.3, 0.4) is 0 Å². The number of hydrogen-bond acceptors (Lipinski definition) is 5. The van der Waals surface area contributed by atoms with Gasteiger partial charge in [-0.1, -0.05) is 6.42 Å². The van der Waals surface area contributed by atoms with Crippen LogP contribution in [0.1, 0.15) is 45.1 Å². The summed E-state index contributed by atoms with van der Waals surface area (Å²) in [4.78, 5) is 26.5. The fourth-order valence-electron chi connectivity index (χ4n) is 3.00. The van der Waals surface area contributed by atoms with Crippen molar-refractivity contribution in [3.8, 4) is 0 Å². The maximum atomic E-state index is 12.3. The van der Waals surface area contributed by atoms with Crippen molar-refractivity contribution in [3.63, 3.8) is 0 Å². The summed E-state index contributed by atoms with van der Waals surface area (Å²) in [5.74, 6) is -0.415. The third kappa shape index (κ3) is 3.89. The third-order valence-electron chi connectivity index (χ3n) is 4.99. The molecule has 1 unspecified atom stereocenters. The Kier molecular flexibility index (Phi) is 5.86. The Bertz CT molecular complexity index is 615. The summed E-state index contributed by atoms with van der Waals surface area (Å²) in [6.07, 6.45) is 2.83. The Labute approximate surface area is 144 Å². The summed E-state index contributed by atoms with van der Waals surface area (Å²) in [6.45, 7) is 6.84. The van der Waals surface area contributed by atoms with Gasteiger partial charge in [-0.05, 0) is 57.4 Å². The standard InChI is InChI=1S/C19H28N2O3/c1-5-21(4)15-9-10-16(14(2)12-15)20-13-24-18(23)19(3)11-7-6-8-17(19)22/h9-10,12,20H,5-8,11,13H2,1-4H3. The fraction of sp³-hybridized carbons (Fsp3) is 0.579. The van der Waals surface area contributed by atoms with E-state index in [-0.39, 0.29) is 12.5 Å². The summed E-state index contributed by atoms with van der Waals surface area (Å²) in [6, 6.07) is 6.12. The maximum Gasteiger partial charge on any atom is 0.321 e. The number of benzene rings is 1. The molecule has 0 aromatic heterocycles. The zero-order valence-electron chi connectivity index (χ0n) is 15.1. The number of nitrogens with one attached hydrogen (secondary N) is 1. The highest BCUT2D eigenvalue weighted by atomic mass is 16.5. The normalized spacial score (nSPS) is 20.6. The quantitative estimate of drug-likeness (QED) is 0.491. The molecule has 2 rings (SSSR count). The number of carbonyl (C=O) groups excluding carboxylic acids is 2. The molecule has 0 saturated heterocycles. The van der Waals surface area contributed by atoms with Gasteiger partial charge in [0.1, 0.15) is 11.2 Å². The van der Waals surface area contributed by atoms with E-state index < -0.39 is 11.4 Å². The Hall–Kier alpha value is -2.04. The van der Waals surface area contributed by atoms with E-state index in [2.05, 4.69) is 23.2 Å². The second-order valence-corrected chi connectivity index (χ2v) is 6.73. The molecule has 0 heterocycles. The molecule has 1 atom stereocenters. The number of hydrogen-bond donors (Lipinski definition) is 1. The molecular formula is C19H28N2O3. The first-order chi connectivity index (χ1) is 11.4. The minimum Gasteiger partial charge on any atom is -0.444 e. The molecule has 1 aliphatic rings. The largest absolute Gasteiger partial charge is 0.444 e. The first-order valence-electron chi connectivity index (χ1n) is 8.64. The fourth-order valence-corrected chi connectivity index (χ4v) is 3.00. The lowest BCUT2D eigenvalue weighted by Crippen LogP contribution is -2.40. The van der Waals surface area contributed by atoms with Gasteiger partial charge >= 0.3 is 5.97 Å². The molecule has 132 valence electrons. The average Bonchev–Trinajstić information content (AvgIpc) is 2.58. The Morgan fingerprint density at radius 1 is 1.38 bits per heavy atom. The molecule has 0 aliphatic heterocycles. The number of anilines is 2. The smallest absolute Gasteiger partial charge is 0.321 e. The first-order valence-corrected chi connectivity index (χ1v) is 8.64. The summed E-state index contributed by atoms with van der Waals surface area (Å²) in [5.41, 5.74) is 2.20. The number of aryl methyl sites for hydroxylation is 1. The van der Waals surface area contributed by atoms with Crippen molar-refractivity contribution in [2.75, 3.05) is 30.5 Å². The molecule has 1 fully saturated rings. The molecule has 1 aliphatic carbocycles. The van der Waals surface area contributed by atoms with Crippen LogP contribution in [0.5, 0.6) is 0 Å². The van der Waals surface area contributed by atoms with E-state index in [1.54, 1.807) is 6.92 Å². The summed E-state index contributed by atoms with van der Waals surface area (Å²) >= 11 is 0. The zero-order valence-corrected chi connectivity index (χ0v) is 15.1. The predicted octanol–water partition coefficient (Wildman–Crippen LogP) is 3.51. The van der Waals surface area contributed by atoms with Gasteiger partial charge in [0, 0.05) is 31.4 Å². The van der Waals surface area contributed by atoms with Crippen LogP contribution < -0.4 is 10.2 Å². The average molecular weight is 332 g/mol. The van der Waals surface area contributed by atoms with Crippen molar-refractivity contribution in [3.05, 3.63) is 23.8 Å². The van der Waals surface area contributed by atoms with E-state index in [0.717, 1.165) is 36.3 Å². The molecule has 5 nitrogen and oxygen atoms in total. The van der Waals surface area contributed by atoms with Gasteiger partial charge in [-0.2, -0.15) is 0 Å². The third-order valence-corrected chi connectivity index (χ3v) is 4.99. The van der Waals surface area contributed by atoms with Gasteiger partial charge in [0.25, 0.3) is 0 Å². The Morgan fingerprint density at radius 3 is 2.75 bits per heavy atom. The molecule has 24 heavy (non-hydrogen) atoms. The van der Waals surface area contributed by atoms with E-state index in [4.69, 9.17) is 4.74 Å². The van der Waals surface area contributed by atoms with Gasteiger partial charge < -0.3 is 15.0 Å². The zero-order chi connectivity index (χ0) is 17.7. The highest BCUT2D eigenvalue weighted by Crippen LogP contribution is 2.34. The van der Waals surface area contributed by atoms with Crippen molar-refractivity contribution in [1.29, 1.82) is 0 Å². The monoisotopic (exact) mass is 332 g/mol. The molecule has 0 spiro atoms. The lowest BCUT2D eigenvalue weighted by atomic mass is 9.75. The minimum absolute atomic E-state index is 0.00175. The molecule has 0 bridgehead atoms. The highest BCUT2D eigenvalue weighted by molar-refractivity contribution is 6.03. The van der Waals surface area contributed by atoms with Crippen molar-refractivity contribution >= 4 is 23.1 Å². The van der Waals surface area contributed by atoms with E-state index >= 15 is 0 Å². The van der Waals surface area contributed by atoms with Gasteiger partial charge in [0.2, 0.25) is 0 Å². The van der Waals surface area contributed by atoms with Gasteiger partial charge in [0.05, 0.1) is 0 Å². The van der Waals surface area contributed by atoms with Gasteiger partial charge in [-0.3, -0.25) is 9.59 Å². The molecule has 1 saturated carbocycles. The van der Waals surface area contributed by atoms with Crippen molar-refractivity contribution < 1.29 is 14.3 Å². The van der Waals surface area contributed by atoms with E-state index in [1.807, 2.05) is 26.1 Å². The lowest BCUT2D eigenvalue weighted by molar-refractivity contribution is -0.160. The summed E-state index contributed by atoms with van der Waals surface area (Å²) in [7, 11) is 2.05. The van der Waals surface area contributed by atoms with Crippen LogP contribution >= 0.6 is 0 Å². The number of esters is 1. The molecule has 1 aromatic rings. The number of rotatable bonds is 6. The molecule has 1 aromatic carbocycles. The number of ether oxygens (including phenoxy) is 1. The first kappa shape index (κ1) is 18.3. The molecule has 0 radical (unpaired) electrons. The molecule has 1 N–H and O–H groups in total. The van der Waals surface area contributed by atoms with Gasteiger partial charge in [-0.25, -0.2) is 0 Å². The lowest BCUT2D eigenvalue weighted by Gasteiger charge is -2.29. The summed E-state index contributed by atoms with van der Waals surface area (Å²) < 4.78 is 5.33. The summed E-state index contributed by atoms with van der Waals surface area (Å²) in [5, 5.41) is 3.13. The van der Waals surface area contributed by atoms with Crippen LogP contribution in [-0.4, -0.2) is 32.1 Å². The SMILES string of the molecule is CCN(C)c1ccc(NCOC(=O)C2(C)CCCCC2=O)c(C)c1. The number of ketones is 1. The van der Waals surface area contributed by atoms with Gasteiger partial charge in [-0.15, -0.1) is 0 Å². The maximum absolute atomic E-state index is 12.3. The van der Waals surface area contributed by atoms with Crippen LogP contribution in [0.2, 0.25) is 0 Å². The van der Waals surface area contributed by atoms with Crippen LogP contribution in [0, 0.1) is 12.3 Å². The van der Waals surface area contributed by atoms with Crippen molar-refractivity contribution in [2.24, 2.45) is 5.41 Å². The van der Waals surface area contributed by atoms with Crippen molar-refractivity contribution in [2.45, 2.75) is 46.5 Å². The predicted molar refractivity (Wildman–Crippen MR) is 96.3 cm³/mol. The van der Waals surface area contributed by atoms with Crippen LogP contribution in [0.25, 0.3) is 0 Å². The number of carbonyl (C=O) groups is 2. The molecule has 0 amide bonds. The van der Waals surface area contributed by atoms with E-state index in [0.29, 0.717) is 12.8 Å². The van der Waals surface area contributed by atoms with Crippen molar-refractivity contribution in [1.82, 2.24) is 0 Å². The number of nitrogens with zero attached hydrogens (tertiary/aromatic N) is 1. The Morgan fingerprint density at radius 2 is 2.12 bits per heavy atom. The Balaban J connectivity index is 1.92. The van der Waals surface area contributed by atoms with Gasteiger partial charge in [0.15, 0.2) is 6.73 Å². The van der Waals surface area contributed by atoms with E-state index in [9.17, 15) is 9.59 Å². The highest BCUT2D eigenvalue weighted by Gasteiger charge is 2.43. The molecule has 5 heteroatoms. The van der Waals surface area contributed by atoms with Crippen LogP contribution in [0.15, 0.2) is 18.2 Å². The number of Topliss-reactive ketones (excluding diaryl/α,β-unsaturated/α-hetero) is 1. The minimum atomic E-state index is -0.970.